The molecule has 0 unspecified atom stereocenters. The lowest BCUT2D eigenvalue weighted by Gasteiger charge is -2.13. The number of halogens is 3. The predicted molar refractivity (Wildman–Crippen MR) is 96.1 cm³/mol. The number of aryl methyl sites for hydroxylation is 1. The van der Waals surface area contributed by atoms with Gasteiger partial charge in [-0.3, -0.25) is 4.79 Å². The summed E-state index contributed by atoms with van der Waals surface area (Å²) >= 11 is 2.75. The average Bonchev–Trinajstić information content (AvgIpc) is 3.22. The van der Waals surface area contributed by atoms with Crippen LogP contribution in [0.25, 0.3) is 9.88 Å². The highest BCUT2D eigenvalue weighted by Crippen LogP contribution is 2.32. The summed E-state index contributed by atoms with van der Waals surface area (Å²) in [7, 11) is 0. The first-order chi connectivity index (χ1) is 12.3. The first-order valence-corrected chi connectivity index (χ1v) is 9.14. The molecule has 3 rings (SSSR count). The fourth-order valence-electron chi connectivity index (χ4n) is 2.15. The molecule has 0 bridgehead atoms. The van der Waals surface area contributed by atoms with Gasteiger partial charge in [-0.2, -0.15) is 13.2 Å². The number of thiazole rings is 1. The Labute approximate surface area is 155 Å². The SMILES string of the molecule is Cc1nc(-c2cccs2)sc1C(=O)Nc1ccccc1OCC(F)(F)F. The number of nitrogens with zero attached hydrogens (tertiary/aromatic N) is 1. The van der Waals surface area contributed by atoms with Gasteiger partial charge in [-0.25, -0.2) is 4.98 Å². The molecule has 0 radical (unpaired) electrons. The summed E-state index contributed by atoms with van der Waals surface area (Å²) in [6.07, 6.45) is -4.46. The molecule has 3 aromatic rings. The molecule has 4 nitrogen and oxygen atoms in total. The fourth-order valence-corrected chi connectivity index (χ4v) is 3.91. The van der Waals surface area contributed by atoms with Gasteiger partial charge >= 0.3 is 6.18 Å². The van der Waals surface area contributed by atoms with Gasteiger partial charge in [-0.1, -0.05) is 18.2 Å². The Kier molecular flexibility index (Phi) is 5.28. The Morgan fingerprint density at radius 3 is 2.69 bits per heavy atom. The van der Waals surface area contributed by atoms with Crippen molar-refractivity contribution in [2.75, 3.05) is 11.9 Å². The lowest BCUT2D eigenvalue weighted by molar-refractivity contribution is -0.153. The first-order valence-electron chi connectivity index (χ1n) is 7.45. The number of hydrogen-bond donors (Lipinski definition) is 1. The van der Waals surface area contributed by atoms with Gasteiger partial charge in [0.25, 0.3) is 5.91 Å². The topological polar surface area (TPSA) is 51.2 Å². The molecule has 26 heavy (non-hydrogen) atoms. The molecule has 0 aliphatic heterocycles. The molecule has 0 saturated carbocycles. The van der Waals surface area contributed by atoms with Gasteiger partial charge < -0.3 is 10.1 Å². The van der Waals surface area contributed by atoms with Crippen molar-refractivity contribution < 1.29 is 22.7 Å². The summed E-state index contributed by atoms with van der Waals surface area (Å²) in [5.41, 5.74) is 0.733. The molecule has 0 spiro atoms. The van der Waals surface area contributed by atoms with Gasteiger partial charge in [-0.15, -0.1) is 22.7 Å². The lowest BCUT2D eigenvalue weighted by atomic mass is 10.2. The van der Waals surface area contributed by atoms with Crippen LogP contribution < -0.4 is 10.1 Å². The largest absolute Gasteiger partial charge is 0.482 e. The van der Waals surface area contributed by atoms with Crippen LogP contribution in [0.2, 0.25) is 0 Å². The van der Waals surface area contributed by atoms with E-state index in [0.717, 1.165) is 9.88 Å². The molecular weight excluding hydrogens is 385 g/mol. The van der Waals surface area contributed by atoms with E-state index in [1.54, 1.807) is 13.0 Å². The van der Waals surface area contributed by atoms with Crippen LogP contribution in [0, 0.1) is 6.92 Å². The molecule has 2 aromatic heterocycles. The van der Waals surface area contributed by atoms with Crippen LogP contribution in [-0.4, -0.2) is 23.7 Å². The molecule has 0 fully saturated rings. The van der Waals surface area contributed by atoms with E-state index in [4.69, 9.17) is 4.74 Å². The van der Waals surface area contributed by atoms with Crippen molar-refractivity contribution in [3.63, 3.8) is 0 Å². The number of aromatic nitrogens is 1. The Morgan fingerprint density at radius 2 is 2.00 bits per heavy atom. The van der Waals surface area contributed by atoms with Crippen molar-refractivity contribution in [3.8, 4) is 15.6 Å². The number of nitrogens with one attached hydrogen (secondary N) is 1. The van der Waals surface area contributed by atoms with E-state index in [2.05, 4.69) is 10.3 Å². The number of amides is 1. The number of hydrogen-bond acceptors (Lipinski definition) is 5. The van der Waals surface area contributed by atoms with Crippen LogP contribution in [0.3, 0.4) is 0 Å². The van der Waals surface area contributed by atoms with Gasteiger partial charge in [-0.05, 0) is 30.5 Å². The zero-order chi connectivity index (χ0) is 18.7. The van der Waals surface area contributed by atoms with Crippen LogP contribution in [0.15, 0.2) is 41.8 Å². The molecule has 0 aliphatic carbocycles. The summed E-state index contributed by atoms with van der Waals surface area (Å²) in [5, 5.41) is 5.25. The monoisotopic (exact) mass is 398 g/mol. The number of para-hydroxylation sites is 2. The van der Waals surface area contributed by atoms with Crippen molar-refractivity contribution >= 4 is 34.3 Å². The summed E-state index contributed by atoms with van der Waals surface area (Å²) in [5.74, 6) is -0.482. The summed E-state index contributed by atoms with van der Waals surface area (Å²) < 4.78 is 41.9. The molecule has 9 heteroatoms. The van der Waals surface area contributed by atoms with Gasteiger partial charge in [0.05, 0.1) is 16.3 Å². The minimum Gasteiger partial charge on any atom is -0.482 e. The molecule has 136 valence electrons. The standard InChI is InChI=1S/C17H13F3N2O2S2/c1-10-14(26-16(21-10)13-7-4-8-25-13)15(23)22-11-5-2-3-6-12(11)24-9-17(18,19)20/h2-8H,9H2,1H3,(H,22,23). The minimum absolute atomic E-state index is 0.0428. The van der Waals surface area contributed by atoms with Crippen LogP contribution in [0.5, 0.6) is 5.75 Å². The molecule has 0 atom stereocenters. The normalized spacial score (nSPS) is 11.4. The molecule has 2 heterocycles. The van der Waals surface area contributed by atoms with E-state index in [1.807, 2.05) is 17.5 Å². The van der Waals surface area contributed by atoms with Crippen molar-refractivity contribution in [2.45, 2.75) is 13.1 Å². The summed E-state index contributed by atoms with van der Waals surface area (Å²) in [4.78, 5) is 18.3. The highest BCUT2D eigenvalue weighted by molar-refractivity contribution is 7.22. The second kappa shape index (κ2) is 7.46. The van der Waals surface area contributed by atoms with Gasteiger partial charge in [0.2, 0.25) is 0 Å². The number of thiophene rings is 1. The maximum atomic E-state index is 12.6. The Bertz CT molecular complexity index is 905. The molecule has 1 amide bonds. The highest BCUT2D eigenvalue weighted by Gasteiger charge is 2.29. The Hall–Kier alpha value is -2.39. The van der Waals surface area contributed by atoms with Crippen molar-refractivity contribution in [3.05, 3.63) is 52.3 Å². The molecule has 1 aromatic carbocycles. The smallest absolute Gasteiger partial charge is 0.422 e. The van der Waals surface area contributed by atoms with Gasteiger partial charge in [0.1, 0.15) is 15.6 Å². The zero-order valence-electron chi connectivity index (χ0n) is 13.5. The fraction of sp³-hybridized carbons (Fsp3) is 0.176. The number of ether oxygens (including phenoxy) is 1. The van der Waals surface area contributed by atoms with Crippen LogP contribution in [-0.2, 0) is 0 Å². The zero-order valence-corrected chi connectivity index (χ0v) is 15.1. The number of carbonyl (C=O) groups is 1. The van der Waals surface area contributed by atoms with E-state index in [1.165, 1.54) is 40.9 Å². The Morgan fingerprint density at radius 1 is 1.23 bits per heavy atom. The van der Waals surface area contributed by atoms with E-state index in [0.29, 0.717) is 10.6 Å². The van der Waals surface area contributed by atoms with Crippen LogP contribution in [0.1, 0.15) is 15.4 Å². The van der Waals surface area contributed by atoms with E-state index < -0.39 is 18.7 Å². The minimum atomic E-state index is -4.46. The maximum Gasteiger partial charge on any atom is 0.422 e. The first kappa shape index (κ1) is 18.4. The quantitative estimate of drug-likeness (QED) is 0.628. The number of alkyl halides is 3. The third-order valence-corrected chi connectivity index (χ3v) is 5.46. The molecule has 0 saturated heterocycles. The van der Waals surface area contributed by atoms with Crippen LogP contribution >= 0.6 is 22.7 Å². The Balaban J connectivity index is 1.79. The molecule has 0 aliphatic rings. The van der Waals surface area contributed by atoms with Crippen LogP contribution in [0.4, 0.5) is 18.9 Å². The van der Waals surface area contributed by atoms with Crippen molar-refractivity contribution in [2.24, 2.45) is 0 Å². The predicted octanol–water partition coefficient (Wildman–Crippen LogP) is 5.37. The third kappa shape index (κ3) is 4.41. The second-order valence-corrected chi connectivity index (χ2v) is 7.21. The average molecular weight is 398 g/mol. The van der Waals surface area contributed by atoms with Gasteiger partial charge in [0.15, 0.2) is 6.61 Å². The second-order valence-electron chi connectivity index (χ2n) is 5.26. The number of benzene rings is 1. The maximum absolute atomic E-state index is 12.6. The number of rotatable bonds is 5. The highest BCUT2D eigenvalue weighted by atomic mass is 32.1. The summed E-state index contributed by atoms with van der Waals surface area (Å²) in [6, 6.07) is 9.80. The molecular formula is C17H13F3N2O2S2. The number of anilines is 1. The third-order valence-electron chi connectivity index (χ3n) is 3.26. The number of carbonyl (C=O) groups excluding carboxylic acids is 1. The van der Waals surface area contributed by atoms with Gasteiger partial charge in [0, 0.05) is 0 Å². The van der Waals surface area contributed by atoms with E-state index in [-0.39, 0.29) is 11.4 Å². The van der Waals surface area contributed by atoms with E-state index in [9.17, 15) is 18.0 Å². The summed E-state index contributed by atoms with van der Waals surface area (Å²) in [6.45, 7) is 0.288. The molecule has 1 N–H and O–H groups in total. The van der Waals surface area contributed by atoms with E-state index >= 15 is 0 Å². The van der Waals surface area contributed by atoms with Crippen molar-refractivity contribution in [1.82, 2.24) is 4.98 Å². The lowest BCUT2D eigenvalue weighted by Crippen LogP contribution is -2.20. The van der Waals surface area contributed by atoms with Crippen molar-refractivity contribution in [1.29, 1.82) is 0 Å².